The van der Waals surface area contributed by atoms with Gasteiger partial charge in [-0.3, -0.25) is 28.9 Å². The van der Waals surface area contributed by atoms with Crippen molar-refractivity contribution in [2.45, 2.75) is 188 Å². The van der Waals surface area contributed by atoms with Crippen LogP contribution in [0.2, 0.25) is 0 Å². The van der Waals surface area contributed by atoms with Crippen molar-refractivity contribution in [1.82, 2.24) is 15.5 Å². The summed E-state index contributed by atoms with van der Waals surface area (Å²) >= 11 is 0. The standard InChI is InChI=1S/C41H71N3O8/c1-9-28(5)37(39(50)43-36(26(2)3)40(51)52)42-33(46)19-17-15-13-11-10-12-14-16-18-20-41(7,8)44-34(47)24-30(25-35(44)48)23-32(45)31-22-27(4)21-29(6)38(31)49/h26-32,36-37,45H,9-25H2,1-8H3,(H,42,46)(H,43,50)(H,51,52)/t27-,28?,29-,31?,32?,36?,37?/m0/s1. The molecule has 52 heavy (non-hydrogen) atoms. The van der Waals surface area contributed by atoms with E-state index in [-0.39, 0.29) is 60.0 Å². The summed E-state index contributed by atoms with van der Waals surface area (Å²) in [5.41, 5.74) is -0.568. The SMILES string of the molecule is CCC(C)C(NC(=O)CCCCCCCCCCCC(C)(C)N1C(=O)CC(CC(O)C2C[C@@H](C)C[C@H](C)C2=O)CC1=O)C(=O)NC(C(=O)O)C(C)C. The van der Waals surface area contributed by atoms with Gasteiger partial charge in [-0.25, -0.2) is 4.79 Å². The van der Waals surface area contributed by atoms with E-state index in [1.54, 1.807) is 13.8 Å². The third-order valence-corrected chi connectivity index (χ3v) is 11.6. The number of hydrogen-bond donors (Lipinski definition) is 4. The Morgan fingerprint density at radius 2 is 1.37 bits per heavy atom. The molecule has 2 aliphatic rings. The number of piperidine rings is 1. The number of unbranched alkanes of at least 4 members (excludes halogenated alkanes) is 8. The number of hydrogen-bond acceptors (Lipinski definition) is 7. The van der Waals surface area contributed by atoms with Gasteiger partial charge in [-0.1, -0.05) is 99.3 Å². The molecule has 4 amide bonds. The number of aliphatic carboxylic acids is 1. The number of ketones is 1. The number of Topliss-reactive ketones (excluding diaryl/α,β-unsaturated/α-hetero) is 1. The minimum Gasteiger partial charge on any atom is -0.480 e. The predicted octanol–water partition coefficient (Wildman–Crippen LogP) is 6.58. The number of carbonyl (C=O) groups excluding carboxylic acids is 5. The Labute approximate surface area is 313 Å². The number of nitrogens with zero attached hydrogens (tertiary/aromatic N) is 1. The first kappa shape index (κ1) is 45.3. The number of amides is 4. The number of likely N-dealkylation sites (tertiary alicyclic amines) is 1. The highest BCUT2D eigenvalue weighted by Gasteiger charge is 2.43. The molecule has 11 heteroatoms. The number of nitrogens with one attached hydrogen (secondary N) is 2. The van der Waals surface area contributed by atoms with E-state index in [2.05, 4.69) is 17.6 Å². The maximum atomic E-state index is 13.2. The van der Waals surface area contributed by atoms with Gasteiger partial charge in [0, 0.05) is 36.6 Å². The lowest BCUT2D eigenvalue weighted by molar-refractivity contribution is -0.157. The Morgan fingerprint density at radius 1 is 0.827 bits per heavy atom. The van der Waals surface area contributed by atoms with Gasteiger partial charge >= 0.3 is 5.97 Å². The van der Waals surface area contributed by atoms with Crippen LogP contribution in [0.25, 0.3) is 0 Å². The fraction of sp³-hybridized carbons (Fsp3) is 0.854. The lowest BCUT2D eigenvalue weighted by Crippen LogP contribution is -2.55. The van der Waals surface area contributed by atoms with E-state index < -0.39 is 41.5 Å². The second-order valence-electron chi connectivity index (χ2n) is 17.2. The molecule has 1 saturated carbocycles. The summed E-state index contributed by atoms with van der Waals surface area (Å²) in [5.74, 6) is -2.70. The maximum absolute atomic E-state index is 13.2. The zero-order valence-corrected chi connectivity index (χ0v) is 33.5. The van der Waals surface area contributed by atoms with Crippen LogP contribution in [0.3, 0.4) is 0 Å². The van der Waals surface area contributed by atoms with Gasteiger partial charge in [-0.05, 0) is 69.6 Å². The fourth-order valence-electron chi connectivity index (χ4n) is 8.21. The molecule has 0 bridgehead atoms. The Hall–Kier alpha value is -2.82. The molecule has 0 aromatic heterocycles. The Morgan fingerprint density at radius 3 is 1.88 bits per heavy atom. The molecule has 5 unspecified atom stereocenters. The van der Waals surface area contributed by atoms with Gasteiger partial charge in [0.2, 0.25) is 23.6 Å². The van der Waals surface area contributed by atoms with Crippen LogP contribution in [0.15, 0.2) is 0 Å². The van der Waals surface area contributed by atoms with Crippen LogP contribution < -0.4 is 10.6 Å². The monoisotopic (exact) mass is 734 g/mol. The molecule has 2 fully saturated rings. The second-order valence-corrected chi connectivity index (χ2v) is 17.2. The molecular formula is C41H71N3O8. The number of carboxylic acid groups (broad SMARTS) is 1. The van der Waals surface area contributed by atoms with E-state index >= 15 is 0 Å². The molecule has 4 N–H and O–H groups in total. The van der Waals surface area contributed by atoms with E-state index in [0.29, 0.717) is 31.6 Å². The molecular weight excluding hydrogens is 662 g/mol. The molecule has 1 aliphatic carbocycles. The van der Waals surface area contributed by atoms with Crippen LogP contribution in [0.4, 0.5) is 0 Å². The molecule has 11 nitrogen and oxygen atoms in total. The summed E-state index contributed by atoms with van der Waals surface area (Å²) in [7, 11) is 0. The second kappa shape index (κ2) is 21.8. The summed E-state index contributed by atoms with van der Waals surface area (Å²) in [6.45, 7) is 15.2. The van der Waals surface area contributed by atoms with E-state index in [0.717, 1.165) is 70.6 Å². The summed E-state index contributed by atoms with van der Waals surface area (Å²) < 4.78 is 0. The highest BCUT2D eigenvalue weighted by atomic mass is 16.4. The topological polar surface area (TPSA) is 170 Å². The van der Waals surface area contributed by atoms with Crippen molar-refractivity contribution in [2.24, 2.45) is 35.5 Å². The molecule has 7 atom stereocenters. The number of imide groups is 1. The van der Waals surface area contributed by atoms with Gasteiger partial charge in [0.05, 0.1) is 6.10 Å². The van der Waals surface area contributed by atoms with E-state index in [9.17, 15) is 39.0 Å². The molecule has 0 spiro atoms. The van der Waals surface area contributed by atoms with Crippen molar-refractivity contribution in [2.75, 3.05) is 0 Å². The van der Waals surface area contributed by atoms with Crippen molar-refractivity contribution in [3.05, 3.63) is 0 Å². The highest BCUT2D eigenvalue weighted by Crippen LogP contribution is 2.37. The molecule has 1 heterocycles. The summed E-state index contributed by atoms with van der Waals surface area (Å²) in [5, 5.41) is 25.8. The molecule has 1 aliphatic heterocycles. The van der Waals surface area contributed by atoms with Crippen molar-refractivity contribution in [3.8, 4) is 0 Å². The van der Waals surface area contributed by atoms with Crippen LogP contribution in [0.5, 0.6) is 0 Å². The normalized spacial score (nSPS) is 22.6. The number of carbonyl (C=O) groups is 6. The minimum absolute atomic E-state index is 0.0577. The van der Waals surface area contributed by atoms with Gasteiger partial charge in [-0.15, -0.1) is 0 Å². The summed E-state index contributed by atoms with van der Waals surface area (Å²) in [4.78, 5) is 77.6. The van der Waals surface area contributed by atoms with Crippen molar-refractivity contribution < 1.29 is 39.0 Å². The first-order chi connectivity index (χ1) is 24.4. The molecule has 0 aromatic rings. The molecule has 2 rings (SSSR count). The first-order valence-electron chi connectivity index (χ1n) is 20.3. The average Bonchev–Trinajstić information content (AvgIpc) is 3.05. The van der Waals surface area contributed by atoms with Crippen LogP contribution >= 0.6 is 0 Å². The molecule has 298 valence electrons. The van der Waals surface area contributed by atoms with Gasteiger partial charge in [0.25, 0.3) is 0 Å². The number of aliphatic hydroxyl groups excluding tert-OH is 1. The van der Waals surface area contributed by atoms with Crippen LogP contribution in [0, 0.1) is 35.5 Å². The van der Waals surface area contributed by atoms with E-state index in [1.165, 1.54) is 4.90 Å². The molecule has 1 saturated heterocycles. The van der Waals surface area contributed by atoms with E-state index in [1.807, 2.05) is 34.6 Å². The lowest BCUT2D eigenvalue weighted by atomic mass is 9.71. The zero-order valence-electron chi connectivity index (χ0n) is 33.5. The quantitative estimate of drug-likeness (QED) is 0.0674. The summed E-state index contributed by atoms with van der Waals surface area (Å²) in [6, 6.07) is -1.77. The first-order valence-corrected chi connectivity index (χ1v) is 20.3. The minimum atomic E-state index is -1.09. The third kappa shape index (κ3) is 14.2. The molecule has 0 aromatic carbocycles. The van der Waals surface area contributed by atoms with Gasteiger partial charge in [-0.2, -0.15) is 0 Å². The van der Waals surface area contributed by atoms with Crippen LogP contribution in [-0.4, -0.2) is 74.2 Å². The van der Waals surface area contributed by atoms with Crippen LogP contribution in [-0.2, 0) is 28.8 Å². The number of rotatable bonds is 23. The molecule has 0 radical (unpaired) electrons. The smallest absolute Gasteiger partial charge is 0.326 e. The van der Waals surface area contributed by atoms with Gasteiger partial charge in [0.1, 0.15) is 17.9 Å². The number of aliphatic hydroxyl groups is 1. The van der Waals surface area contributed by atoms with E-state index in [4.69, 9.17) is 0 Å². The predicted molar refractivity (Wildman–Crippen MR) is 202 cm³/mol. The highest BCUT2D eigenvalue weighted by molar-refractivity contribution is 5.98. The third-order valence-electron chi connectivity index (χ3n) is 11.6. The number of carboxylic acids is 1. The maximum Gasteiger partial charge on any atom is 0.326 e. The van der Waals surface area contributed by atoms with Crippen LogP contribution in [0.1, 0.15) is 165 Å². The van der Waals surface area contributed by atoms with Crippen molar-refractivity contribution >= 4 is 35.4 Å². The van der Waals surface area contributed by atoms with Gasteiger partial charge in [0.15, 0.2) is 0 Å². The average molecular weight is 734 g/mol. The van der Waals surface area contributed by atoms with Gasteiger partial charge < -0.3 is 20.8 Å². The fourth-order valence-corrected chi connectivity index (χ4v) is 8.21. The Bertz CT molecular complexity index is 1180. The van der Waals surface area contributed by atoms with Crippen molar-refractivity contribution in [3.63, 3.8) is 0 Å². The summed E-state index contributed by atoms with van der Waals surface area (Å²) in [6.07, 6.45) is 12.2. The zero-order chi connectivity index (χ0) is 39.2. The Balaban J connectivity index is 1.62. The lowest BCUT2D eigenvalue weighted by Gasteiger charge is -2.42. The largest absolute Gasteiger partial charge is 0.480 e. The Kier molecular flexibility index (Phi) is 19.0. The van der Waals surface area contributed by atoms with Crippen molar-refractivity contribution in [1.29, 1.82) is 0 Å².